The normalized spacial score (nSPS) is 18.7. The fourth-order valence-electron chi connectivity index (χ4n) is 5.34. The molecule has 1 heterocycles. The minimum absolute atomic E-state index is 0.0443. The molecular weight excluding hydrogens is 438 g/mol. The third-order valence-corrected chi connectivity index (χ3v) is 7.14. The van der Waals surface area contributed by atoms with Crippen molar-refractivity contribution in [2.75, 3.05) is 40.4 Å². The van der Waals surface area contributed by atoms with Crippen LogP contribution in [0.3, 0.4) is 0 Å². The first-order valence-electron chi connectivity index (χ1n) is 13.0. The number of unbranched alkanes of at least 4 members (excludes halogenated alkanes) is 1. The van der Waals surface area contributed by atoms with E-state index in [0.29, 0.717) is 26.1 Å². The van der Waals surface area contributed by atoms with Crippen LogP contribution in [0.2, 0.25) is 0 Å². The van der Waals surface area contributed by atoms with Crippen molar-refractivity contribution in [2.24, 2.45) is 5.92 Å². The van der Waals surface area contributed by atoms with Gasteiger partial charge >= 0.3 is 6.03 Å². The van der Waals surface area contributed by atoms with Gasteiger partial charge < -0.3 is 25.4 Å². The average molecular weight is 482 g/mol. The lowest BCUT2D eigenvalue weighted by Gasteiger charge is -2.43. The van der Waals surface area contributed by atoms with Crippen LogP contribution in [-0.4, -0.2) is 62.5 Å². The molecular formula is C29H43N3O3. The van der Waals surface area contributed by atoms with Gasteiger partial charge in [0.1, 0.15) is 0 Å². The van der Waals surface area contributed by atoms with E-state index < -0.39 is 5.60 Å². The van der Waals surface area contributed by atoms with Crippen LogP contribution in [0, 0.1) is 12.8 Å². The maximum Gasteiger partial charge on any atom is 0.317 e. The molecule has 35 heavy (non-hydrogen) atoms. The molecule has 0 aliphatic carbocycles. The minimum Gasteiger partial charge on any atom is -0.385 e. The molecule has 0 radical (unpaired) electrons. The van der Waals surface area contributed by atoms with Crippen molar-refractivity contribution in [3.8, 4) is 11.1 Å². The predicted molar refractivity (Wildman–Crippen MR) is 142 cm³/mol. The number of rotatable bonds is 11. The highest BCUT2D eigenvalue weighted by atomic mass is 16.5. The monoisotopic (exact) mass is 481 g/mol. The van der Waals surface area contributed by atoms with Crippen LogP contribution in [0.4, 0.5) is 4.79 Å². The Hall–Kier alpha value is -2.41. The minimum atomic E-state index is -1.04. The van der Waals surface area contributed by atoms with E-state index in [1.807, 2.05) is 31.0 Å². The molecule has 6 heteroatoms. The number of carbonyl (C=O) groups excluding carboxylic acids is 1. The zero-order valence-corrected chi connectivity index (χ0v) is 21.8. The molecule has 1 aliphatic rings. The molecule has 192 valence electrons. The molecule has 0 bridgehead atoms. The van der Waals surface area contributed by atoms with Gasteiger partial charge in [0.15, 0.2) is 0 Å². The first-order chi connectivity index (χ1) is 16.9. The number of methoxy groups -OCH3 is 1. The molecule has 2 amide bonds. The quantitative estimate of drug-likeness (QED) is 0.407. The van der Waals surface area contributed by atoms with Crippen molar-refractivity contribution >= 4 is 6.03 Å². The standard InChI is InChI=1S/C29H43N3O3/c1-22-11-9-12-24(19-22)26-14-5-6-15-27(26)29(34,16-7-8-18-35-4)25-13-10-17-32(21-25)28(33)31-23(2)20-30-3/h5-6,9,11-12,14-15,19,23,25,30,34H,7-8,10,13,16-18,20-21H2,1-4H3,(H,31,33). The Morgan fingerprint density at radius 3 is 2.77 bits per heavy atom. The van der Waals surface area contributed by atoms with Crippen molar-refractivity contribution in [2.45, 2.75) is 57.6 Å². The Balaban J connectivity index is 1.92. The number of carbonyl (C=O) groups is 1. The highest BCUT2D eigenvalue weighted by Gasteiger charge is 2.42. The molecule has 3 rings (SSSR count). The van der Waals surface area contributed by atoms with Crippen LogP contribution >= 0.6 is 0 Å². The number of aryl methyl sites for hydroxylation is 1. The van der Waals surface area contributed by atoms with E-state index >= 15 is 0 Å². The Bertz CT molecular complexity index is 950. The fraction of sp³-hybridized carbons (Fsp3) is 0.552. The largest absolute Gasteiger partial charge is 0.385 e. The van der Waals surface area contributed by atoms with Gasteiger partial charge in [-0.25, -0.2) is 4.79 Å². The summed E-state index contributed by atoms with van der Waals surface area (Å²) >= 11 is 0. The van der Waals surface area contributed by atoms with Crippen molar-refractivity contribution < 1.29 is 14.6 Å². The van der Waals surface area contributed by atoms with Crippen molar-refractivity contribution in [3.05, 3.63) is 59.7 Å². The molecule has 0 aromatic heterocycles. The highest BCUT2D eigenvalue weighted by Crippen LogP contribution is 2.43. The van der Waals surface area contributed by atoms with E-state index in [2.05, 4.69) is 54.0 Å². The molecule has 3 unspecified atom stereocenters. The van der Waals surface area contributed by atoms with E-state index in [1.165, 1.54) is 5.56 Å². The average Bonchev–Trinajstić information content (AvgIpc) is 2.86. The van der Waals surface area contributed by atoms with Gasteiger partial charge in [0.25, 0.3) is 0 Å². The molecule has 2 aromatic carbocycles. The van der Waals surface area contributed by atoms with Crippen LogP contribution < -0.4 is 10.6 Å². The molecule has 1 fully saturated rings. The lowest BCUT2D eigenvalue weighted by Crippen LogP contribution is -2.53. The topological polar surface area (TPSA) is 73.8 Å². The van der Waals surface area contributed by atoms with E-state index in [4.69, 9.17) is 4.74 Å². The summed E-state index contributed by atoms with van der Waals surface area (Å²) in [6.07, 6.45) is 4.15. The summed E-state index contributed by atoms with van der Waals surface area (Å²) in [6, 6.07) is 16.7. The summed E-state index contributed by atoms with van der Waals surface area (Å²) < 4.78 is 5.27. The first-order valence-corrected chi connectivity index (χ1v) is 13.0. The summed E-state index contributed by atoms with van der Waals surface area (Å²) in [5.41, 5.74) is 3.29. The van der Waals surface area contributed by atoms with Gasteiger partial charge in [0.05, 0.1) is 5.60 Å². The summed E-state index contributed by atoms with van der Waals surface area (Å²) in [5.74, 6) is -0.0462. The van der Waals surface area contributed by atoms with E-state index in [0.717, 1.165) is 48.9 Å². The number of aliphatic hydroxyl groups is 1. The second-order valence-electron chi connectivity index (χ2n) is 9.98. The van der Waals surface area contributed by atoms with Gasteiger partial charge in [-0.15, -0.1) is 0 Å². The predicted octanol–water partition coefficient (Wildman–Crippen LogP) is 4.70. The molecule has 3 N–H and O–H groups in total. The van der Waals surface area contributed by atoms with Gasteiger partial charge in [-0.3, -0.25) is 0 Å². The number of likely N-dealkylation sites (tertiary alicyclic amines) is 1. The lowest BCUT2D eigenvalue weighted by atomic mass is 9.72. The number of hydrogen-bond donors (Lipinski definition) is 3. The molecule has 3 atom stereocenters. The van der Waals surface area contributed by atoms with Gasteiger partial charge in [-0.2, -0.15) is 0 Å². The second-order valence-corrected chi connectivity index (χ2v) is 9.98. The van der Waals surface area contributed by atoms with Crippen molar-refractivity contribution in [1.82, 2.24) is 15.5 Å². The lowest BCUT2D eigenvalue weighted by molar-refractivity contribution is -0.0559. The summed E-state index contributed by atoms with van der Waals surface area (Å²) in [7, 11) is 3.60. The first kappa shape index (κ1) is 27.2. The second kappa shape index (κ2) is 13.1. The number of hydrogen-bond acceptors (Lipinski definition) is 4. The van der Waals surface area contributed by atoms with Crippen LogP contribution in [0.5, 0.6) is 0 Å². The highest BCUT2D eigenvalue weighted by molar-refractivity contribution is 5.74. The van der Waals surface area contributed by atoms with Crippen molar-refractivity contribution in [3.63, 3.8) is 0 Å². The number of amides is 2. The SMILES string of the molecule is CNCC(C)NC(=O)N1CCCC(C(O)(CCCCOC)c2ccccc2-c2cccc(C)c2)C1. The molecule has 1 saturated heterocycles. The third kappa shape index (κ3) is 7.06. The number of nitrogens with one attached hydrogen (secondary N) is 2. The molecule has 0 saturated carbocycles. The fourth-order valence-corrected chi connectivity index (χ4v) is 5.34. The van der Waals surface area contributed by atoms with Crippen LogP contribution in [0.1, 0.15) is 50.2 Å². The van der Waals surface area contributed by atoms with Gasteiger partial charge in [-0.05, 0) is 69.7 Å². The molecule has 0 spiro atoms. The summed E-state index contributed by atoms with van der Waals surface area (Å²) in [6.45, 7) is 6.75. The van der Waals surface area contributed by atoms with Gasteiger partial charge in [0, 0.05) is 45.3 Å². The van der Waals surface area contributed by atoms with E-state index in [-0.39, 0.29) is 18.0 Å². The maximum absolute atomic E-state index is 13.0. The van der Waals surface area contributed by atoms with Crippen LogP contribution in [0.15, 0.2) is 48.5 Å². The van der Waals surface area contributed by atoms with E-state index in [9.17, 15) is 9.90 Å². The molecule has 2 aromatic rings. The number of ether oxygens (including phenoxy) is 1. The smallest absolute Gasteiger partial charge is 0.317 e. The number of likely N-dealkylation sites (N-methyl/N-ethyl adjacent to an activating group) is 1. The van der Waals surface area contributed by atoms with E-state index in [1.54, 1.807) is 7.11 Å². The third-order valence-electron chi connectivity index (χ3n) is 7.14. The Morgan fingerprint density at radius 2 is 2.03 bits per heavy atom. The van der Waals surface area contributed by atoms with Gasteiger partial charge in [0.2, 0.25) is 0 Å². The molecule has 6 nitrogen and oxygen atoms in total. The molecule has 1 aliphatic heterocycles. The Morgan fingerprint density at radius 1 is 1.23 bits per heavy atom. The number of benzene rings is 2. The zero-order chi connectivity index (χ0) is 25.3. The van der Waals surface area contributed by atoms with Crippen LogP contribution in [0.25, 0.3) is 11.1 Å². The number of urea groups is 1. The maximum atomic E-state index is 13.0. The summed E-state index contributed by atoms with van der Waals surface area (Å²) in [4.78, 5) is 14.9. The van der Waals surface area contributed by atoms with Crippen molar-refractivity contribution in [1.29, 1.82) is 0 Å². The van der Waals surface area contributed by atoms with Crippen LogP contribution in [-0.2, 0) is 10.3 Å². The summed E-state index contributed by atoms with van der Waals surface area (Å²) in [5, 5.41) is 18.7. The number of piperidine rings is 1. The Kier molecular flexibility index (Phi) is 10.1. The zero-order valence-electron chi connectivity index (χ0n) is 21.8. The Labute approximate surface area is 211 Å². The number of nitrogens with zero attached hydrogens (tertiary/aromatic N) is 1. The van der Waals surface area contributed by atoms with Gasteiger partial charge in [-0.1, -0.05) is 54.1 Å².